The van der Waals surface area contributed by atoms with E-state index in [4.69, 9.17) is 0 Å². The fourth-order valence-electron chi connectivity index (χ4n) is 4.31. The van der Waals surface area contributed by atoms with Crippen LogP contribution in [0.2, 0.25) is 0 Å². The summed E-state index contributed by atoms with van der Waals surface area (Å²) in [7, 11) is 0. The molecule has 3 aromatic rings. The molecule has 1 saturated heterocycles. The van der Waals surface area contributed by atoms with Gasteiger partial charge in [-0.1, -0.05) is 30.3 Å². The van der Waals surface area contributed by atoms with Gasteiger partial charge in [0.05, 0.1) is 6.04 Å². The third-order valence-corrected chi connectivity index (χ3v) is 5.84. The first kappa shape index (κ1) is 17.9. The molecule has 0 radical (unpaired) electrons. The van der Waals surface area contributed by atoms with Gasteiger partial charge in [-0.2, -0.15) is 0 Å². The number of aromatic amines is 1. The summed E-state index contributed by atoms with van der Waals surface area (Å²) in [5.74, 6) is -0.0272. The van der Waals surface area contributed by atoms with Crippen molar-refractivity contribution in [1.29, 1.82) is 0 Å². The van der Waals surface area contributed by atoms with Crippen LogP contribution in [0.3, 0.4) is 0 Å². The van der Waals surface area contributed by atoms with Crippen molar-refractivity contribution in [3.05, 3.63) is 65.5 Å². The van der Waals surface area contributed by atoms with Crippen molar-refractivity contribution in [2.24, 2.45) is 0 Å². The van der Waals surface area contributed by atoms with Gasteiger partial charge in [0.2, 0.25) is 5.91 Å². The lowest BCUT2D eigenvalue weighted by Gasteiger charge is -2.25. The molecule has 0 aliphatic carbocycles. The number of hydrogen-bond donors (Lipinski definition) is 3. The summed E-state index contributed by atoms with van der Waals surface area (Å²) >= 11 is 0. The minimum absolute atomic E-state index is 0.0266. The Morgan fingerprint density at radius 2 is 2.00 bits per heavy atom. The van der Waals surface area contributed by atoms with Crippen LogP contribution in [0.15, 0.2) is 54.4 Å². The molecular formula is C23H25N5O. The number of carbonyl (C=O) groups excluding carboxylic acids is 1. The molecule has 1 fully saturated rings. The number of benzene rings is 1. The van der Waals surface area contributed by atoms with Crippen LogP contribution in [0, 0.1) is 0 Å². The summed E-state index contributed by atoms with van der Waals surface area (Å²) in [6, 6.07) is 12.2. The van der Waals surface area contributed by atoms with Gasteiger partial charge in [0, 0.05) is 47.7 Å². The maximum absolute atomic E-state index is 13.2. The minimum atomic E-state index is -0.0272. The highest BCUT2D eigenvalue weighted by Gasteiger charge is 2.23. The zero-order chi connectivity index (χ0) is 19.6. The van der Waals surface area contributed by atoms with E-state index >= 15 is 0 Å². The second kappa shape index (κ2) is 7.72. The molecule has 1 atom stereocenters. The largest absolute Gasteiger partial charge is 0.380 e. The quantitative estimate of drug-likeness (QED) is 0.628. The lowest BCUT2D eigenvalue weighted by molar-refractivity contribution is -0.118. The fourth-order valence-corrected chi connectivity index (χ4v) is 4.31. The predicted molar refractivity (Wildman–Crippen MR) is 116 cm³/mol. The van der Waals surface area contributed by atoms with Gasteiger partial charge >= 0.3 is 0 Å². The molecule has 1 amide bonds. The normalized spacial score (nSPS) is 17.4. The molecule has 0 saturated carbocycles. The van der Waals surface area contributed by atoms with Crippen LogP contribution in [-0.2, 0) is 4.79 Å². The molecule has 3 N–H and O–H groups in total. The number of amides is 1. The summed E-state index contributed by atoms with van der Waals surface area (Å²) < 4.78 is 0. The Balaban J connectivity index is 1.40. The third kappa shape index (κ3) is 3.63. The van der Waals surface area contributed by atoms with Crippen molar-refractivity contribution < 1.29 is 4.79 Å². The molecule has 29 heavy (non-hydrogen) atoms. The number of nitrogens with one attached hydrogen (secondary N) is 3. The molecule has 2 aliphatic rings. The van der Waals surface area contributed by atoms with Crippen molar-refractivity contribution in [1.82, 2.24) is 20.2 Å². The van der Waals surface area contributed by atoms with Gasteiger partial charge in [0.1, 0.15) is 5.65 Å². The first-order chi connectivity index (χ1) is 14.3. The van der Waals surface area contributed by atoms with Crippen LogP contribution in [0.5, 0.6) is 0 Å². The first-order valence-corrected chi connectivity index (χ1v) is 10.3. The molecule has 2 aliphatic heterocycles. The van der Waals surface area contributed by atoms with Crippen LogP contribution in [0.1, 0.15) is 30.0 Å². The van der Waals surface area contributed by atoms with E-state index in [1.54, 1.807) is 6.20 Å². The molecule has 6 nitrogen and oxygen atoms in total. The summed E-state index contributed by atoms with van der Waals surface area (Å²) in [5.41, 5.74) is 4.70. The van der Waals surface area contributed by atoms with E-state index in [1.807, 2.05) is 36.5 Å². The Kier molecular flexibility index (Phi) is 4.77. The van der Waals surface area contributed by atoms with Gasteiger partial charge in [0.15, 0.2) is 0 Å². The van der Waals surface area contributed by atoms with E-state index < -0.39 is 0 Å². The maximum atomic E-state index is 13.2. The van der Waals surface area contributed by atoms with Gasteiger partial charge in [-0.15, -0.1) is 0 Å². The molecule has 0 unspecified atom stereocenters. The number of pyridine rings is 1. The van der Waals surface area contributed by atoms with Crippen molar-refractivity contribution in [3.63, 3.8) is 0 Å². The fraction of sp³-hybridized carbons (Fsp3) is 0.304. The van der Waals surface area contributed by atoms with E-state index in [2.05, 4.69) is 37.6 Å². The third-order valence-electron chi connectivity index (χ3n) is 5.84. The van der Waals surface area contributed by atoms with Gasteiger partial charge in [0.25, 0.3) is 0 Å². The Morgan fingerprint density at radius 1 is 1.17 bits per heavy atom. The number of H-pyrrole nitrogens is 1. The van der Waals surface area contributed by atoms with Crippen LogP contribution >= 0.6 is 0 Å². The second-order valence-electron chi connectivity index (χ2n) is 7.79. The van der Waals surface area contributed by atoms with Crippen molar-refractivity contribution in [2.75, 3.05) is 31.5 Å². The van der Waals surface area contributed by atoms with Crippen molar-refractivity contribution in [3.8, 4) is 0 Å². The topological polar surface area (TPSA) is 73.0 Å². The van der Waals surface area contributed by atoms with Gasteiger partial charge in [-0.05, 0) is 43.6 Å². The molecule has 6 heteroatoms. The predicted octanol–water partition coefficient (Wildman–Crippen LogP) is 3.33. The number of aromatic nitrogens is 2. The van der Waals surface area contributed by atoms with E-state index in [-0.39, 0.29) is 11.9 Å². The monoisotopic (exact) mass is 387 g/mol. The van der Waals surface area contributed by atoms with Crippen molar-refractivity contribution in [2.45, 2.75) is 18.9 Å². The highest BCUT2D eigenvalue weighted by atomic mass is 16.1. The number of nitrogens with zero attached hydrogens (tertiary/aromatic N) is 2. The zero-order valence-electron chi connectivity index (χ0n) is 16.3. The first-order valence-electron chi connectivity index (χ1n) is 10.3. The molecule has 2 aromatic heterocycles. The summed E-state index contributed by atoms with van der Waals surface area (Å²) in [6.45, 7) is 3.54. The Morgan fingerprint density at radius 3 is 2.83 bits per heavy atom. The highest BCUT2D eigenvalue weighted by Crippen LogP contribution is 2.29. The van der Waals surface area contributed by atoms with Gasteiger partial charge < -0.3 is 20.5 Å². The summed E-state index contributed by atoms with van der Waals surface area (Å²) in [6.07, 6.45) is 8.13. The van der Waals surface area contributed by atoms with Crippen LogP contribution < -0.4 is 10.6 Å². The lowest BCUT2D eigenvalue weighted by atomic mass is 10.1. The number of rotatable bonds is 5. The molecule has 5 rings (SSSR count). The van der Waals surface area contributed by atoms with Crippen LogP contribution in [0.25, 0.3) is 17.1 Å². The number of carbonyl (C=O) groups is 1. The van der Waals surface area contributed by atoms with E-state index in [1.165, 1.54) is 12.8 Å². The van der Waals surface area contributed by atoms with Gasteiger partial charge in [-0.3, -0.25) is 4.79 Å². The number of anilines is 1. The number of likely N-dealkylation sites (tertiary alicyclic amines) is 1. The average molecular weight is 387 g/mol. The Hall–Kier alpha value is -3.12. The minimum Gasteiger partial charge on any atom is -0.380 e. The molecule has 4 heterocycles. The zero-order valence-corrected chi connectivity index (χ0v) is 16.3. The smallest absolute Gasteiger partial charge is 0.249 e. The molecular weight excluding hydrogens is 362 g/mol. The SMILES string of the molecule is O=C(N[C@H](CN1CCCC1)c1ccccc1)C1=Cc2c[nH]c3nccc(c23)NC1. The summed E-state index contributed by atoms with van der Waals surface area (Å²) in [4.78, 5) is 23.2. The lowest BCUT2D eigenvalue weighted by Crippen LogP contribution is -2.38. The second-order valence-corrected chi connectivity index (χ2v) is 7.79. The summed E-state index contributed by atoms with van der Waals surface area (Å²) in [5, 5.41) is 7.72. The average Bonchev–Trinajstić information content (AvgIpc) is 3.37. The molecule has 0 spiro atoms. The van der Waals surface area contributed by atoms with Crippen LogP contribution in [0.4, 0.5) is 5.69 Å². The highest BCUT2D eigenvalue weighted by molar-refractivity contribution is 6.05. The van der Waals surface area contributed by atoms with E-state index in [9.17, 15) is 4.79 Å². The van der Waals surface area contributed by atoms with Gasteiger partial charge in [-0.25, -0.2) is 4.98 Å². The van der Waals surface area contributed by atoms with Crippen LogP contribution in [-0.4, -0.2) is 47.0 Å². The van der Waals surface area contributed by atoms with Crippen molar-refractivity contribution >= 4 is 28.7 Å². The Labute approximate surface area is 170 Å². The molecule has 148 valence electrons. The maximum Gasteiger partial charge on any atom is 0.249 e. The molecule has 1 aromatic carbocycles. The van der Waals surface area contributed by atoms with E-state index in [0.29, 0.717) is 6.54 Å². The molecule has 0 bridgehead atoms. The number of hydrogen-bond acceptors (Lipinski definition) is 4. The standard InChI is InChI=1S/C23H25N5O/c29-23(18-12-17-13-26-22-21(17)19(25-14-18)8-9-24-22)27-20(15-28-10-4-5-11-28)16-6-2-1-3-7-16/h1-3,6-9,12-13,20,25H,4-5,10-11,14-15H2,(H,24,26)(H,27,29)/t20-/m1/s1. The van der Waals surface area contributed by atoms with E-state index in [0.717, 1.165) is 53.1 Å². The Bertz CT molecular complexity index is 1050.